The van der Waals surface area contributed by atoms with Crippen molar-refractivity contribution in [1.82, 2.24) is 9.62 Å². The van der Waals surface area contributed by atoms with Crippen LogP contribution in [0.4, 0.5) is 5.69 Å². The van der Waals surface area contributed by atoms with Gasteiger partial charge in [0.15, 0.2) is 0 Å². The second-order valence-electron chi connectivity index (χ2n) is 6.07. The number of hydrogen-bond acceptors (Lipinski definition) is 5. The molecule has 3 rings (SSSR count). The molecule has 0 unspecified atom stereocenters. The van der Waals surface area contributed by atoms with Gasteiger partial charge < -0.3 is 5.32 Å². The molecule has 2 aromatic rings. The molecule has 0 aliphatic carbocycles. The molecule has 9 heteroatoms. The van der Waals surface area contributed by atoms with Crippen LogP contribution in [0.3, 0.4) is 0 Å². The zero-order chi connectivity index (χ0) is 19.1. The fourth-order valence-corrected chi connectivity index (χ4v) is 4.54. The number of nitrogens with one attached hydrogen (secondary N) is 2. The van der Waals surface area contributed by atoms with Crippen molar-refractivity contribution in [1.29, 1.82) is 0 Å². The molecule has 138 valence electrons. The first kappa shape index (κ1) is 18.4. The smallest absolute Gasteiger partial charge is 0.261 e. The fraction of sp³-hybridized carbons (Fsp3) is 0.176. The van der Waals surface area contributed by atoms with Crippen LogP contribution < -0.4 is 10.0 Å². The van der Waals surface area contributed by atoms with Gasteiger partial charge in [0.05, 0.1) is 9.79 Å². The zero-order valence-corrected chi connectivity index (χ0v) is 16.0. The molecule has 0 fully saturated rings. The van der Waals surface area contributed by atoms with E-state index in [2.05, 4.69) is 16.6 Å². The monoisotopic (exact) mass is 393 g/mol. The maximum Gasteiger partial charge on any atom is 0.261 e. The summed E-state index contributed by atoms with van der Waals surface area (Å²) < 4.78 is 52.9. The van der Waals surface area contributed by atoms with Crippen molar-refractivity contribution < 1.29 is 16.8 Å². The highest BCUT2D eigenvalue weighted by molar-refractivity contribution is 7.92. The van der Waals surface area contributed by atoms with Crippen LogP contribution >= 0.6 is 0 Å². The number of sulfonamides is 2. The van der Waals surface area contributed by atoms with Gasteiger partial charge in [-0.3, -0.25) is 4.72 Å². The lowest BCUT2D eigenvalue weighted by molar-refractivity contribution is 0.520. The minimum absolute atomic E-state index is 0.0207. The van der Waals surface area contributed by atoms with Crippen molar-refractivity contribution in [3.05, 3.63) is 60.2 Å². The van der Waals surface area contributed by atoms with Gasteiger partial charge in [0.2, 0.25) is 10.0 Å². The predicted molar refractivity (Wildman–Crippen MR) is 100 cm³/mol. The Labute approximate surface area is 153 Å². The Kier molecular flexibility index (Phi) is 4.55. The maximum absolute atomic E-state index is 12.6. The number of benzene rings is 2. The first-order valence-corrected chi connectivity index (χ1v) is 10.6. The van der Waals surface area contributed by atoms with Gasteiger partial charge in [-0.15, -0.1) is 0 Å². The molecular weight excluding hydrogens is 374 g/mol. The van der Waals surface area contributed by atoms with Crippen molar-refractivity contribution in [2.75, 3.05) is 18.8 Å². The molecule has 0 atom stereocenters. The molecule has 0 bridgehead atoms. The van der Waals surface area contributed by atoms with E-state index in [0.717, 1.165) is 21.1 Å². The summed E-state index contributed by atoms with van der Waals surface area (Å²) in [5.74, 6) is 0. The molecule has 0 aromatic heterocycles. The second-order valence-corrected chi connectivity index (χ2v) is 9.90. The van der Waals surface area contributed by atoms with Crippen LogP contribution in [0.1, 0.15) is 11.1 Å². The molecule has 2 N–H and O–H groups in total. The predicted octanol–water partition coefficient (Wildman–Crippen LogP) is 1.81. The van der Waals surface area contributed by atoms with Crippen LogP contribution in [0.25, 0.3) is 5.70 Å². The zero-order valence-electron chi connectivity index (χ0n) is 14.4. The topological polar surface area (TPSA) is 95.6 Å². The minimum Gasteiger partial charge on any atom is -0.381 e. The van der Waals surface area contributed by atoms with Crippen molar-refractivity contribution in [2.45, 2.75) is 16.3 Å². The molecule has 2 aromatic carbocycles. The van der Waals surface area contributed by atoms with E-state index in [1.807, 2.05) is 6.07 Å². The third kappa shape index (κ3) is 3.33. The molecule has 0 radical (unpaired) electrons. The van der Waals surface area contributed by atoms with Gasteiger partial charge in [-0.2, -0.15) is 0 Å². The van der Waals surface area contributed by atoms with Gasteiger partial charge in [0, 0.05) is 37.6 Å². The molecular formula is C17H19N3O4S2. The summed E-state index contributed by atoms with van der Waals surface area (Å²) in [5, 5.41) is 3.10. The minimum atomic E-state index is -3.84. The summed E-state index contributed by atoms with van der Waals surface area (Å²) in [6.07, 6.45) is 0. The lowest BCUT2D eigenvalue weighted by atomic mass is 10.1. The number of rotatable bonds is 5. The Balaban J connectivity index is 1.87. The highest BCUT2D eigenvalue weighted by atomic mass is 32.2. The average molecular weight is 393 g/mol. The summed E-state index contributed by atoms with van der Waals surface area (Å²) in [6.45, 7) is 4.56. The second kappa shape index (κ2) is 6.42. The molecule has 7 nitrogen and oxygen atoms in total. The number of anilines is 1. The molecule has 1 aliphatic rings. The van der Waals surface area contributed by atoms with Gasteiger partial charge in [-0.25, -0.2) is 21.1 Å². The summed E-state index contributed by atoms with van der Waals surface area (Å²) in [6, 6.07) is 10.3. The number of fused-ring (bicyclic) bond motifs is 1. The molecule has 0 saturated carbocycles. The fourth-order valence-electron chi connectivity index (χ4n) is 2.59. The highest BCUT2D eigenvalue weighted by Gasteiger charge is 2.21. The molecule has 1 aliphatic heterocycles. The quantitative estimate of drug-likeness (QED) is 0.808. The van der Waals surface area contributed by atoms with E-state index >= 15 is 0 Å². The lowest BCUT2D eigenvalue weighted by Crippen LogP contribution is -2.22. The Bertz CT molecular complexity index is 1070. The van der Waals surface area contributed by atoms with Crippen molar-refractivity contribution in [3.63, 3.8) is 0 Å². The molecule has 0 saturated heterocycles. The number of hydrogen-bond donors (Lipinski definition) is 2. The van der Waals surface area contributed by atoms with Crippen LogP contribution in [0.5, 0.6) is 0 Å². The third-order valence-electron chi connectivity index (χ3n) is 4.09. The van der Waals surface area contributed by atoms with Gasteiger partial charge in [0.1, 0.15) is 0 Å². The number of nitrogens with zero attached hydrogens (tertiary/aromatic N) is 1. The van der Waals surface area contributed by atoms with Crippen molar-refractivity contribution in [3.8, 4) is 0 Å². The standard InChI is InChI=1S/C17H19N3O4S2/c1-12-17-10-14(5-4-13(17)11-18-12)19-25(21,22)15-6-8-16(9-7-15)26(23,24)20(2)3/h4-10,18-19H,1,11H2,2-3H3. The lowest BCUT2D eigenvalue weighted by Gasteiger charge is -2.13. The Morgan fingerprint density at radius 2 is 1.62 bits per heavy atom. The van der Waals surface area contributed by atoms with Gasteiger partial charge in [-0.1, -0.05) is 12.6 Å². The van der Waals surface area contributed by atoms with Crippen molar-refractivity contribution >= 4 is 31.4 Å². The van der Waals surface area contributed by atoms with Gasteiger partial charge in [-0.05, 0) is 42.0 Å². The van der Waals surface area contributed by atoms with Crippen LogP contribution in [0, 0.1) is 0 Å². The summed E-state index contributed by atoms with van der Waals surface area (Å²) >= 11 is 0. The van der Waals surface area contributed by atoms with E-state index in [4.69, 9.17) is 0 Å². The first-order valence-electron chi connectivity index (χ1n) is 7.73. The largest absolute Gasteiger partial charge is 0.381 e. The Morgan fingerprint density at radius 1 is 1.00 bits per heavy atom. The average Bonchev–Trinajstić information content (AvgIpc) is 2.95. The van der Waals surface area contributed by atoms with E-state index in [-0.39, 0.29) is 9.79 Å². The third-order valence-corrected chi connectivity index (χ3v) is 7.32. The van der Waals surface area contributed by atoms with E-state index < -0.39 is 20.0 Å². The van der Waals surface area contributed by atoms with Crippen LogP contribution in [-0.4, -0.2) is 35.2 Å². The molecule has 0 amide bonds. The highest BCUT2D eigenvalue weighted by Crippen LogP contribution is 2.27. The Hall–Kier alpha value is -2.36. The summed E-state index contributed by atoms with van der Waals surface area (Å²) in [7, 11) is -4.62. The Morgan fingerprint density at radius 3 is 2.23 bits per heavy atom. The van der Waals surface area contributed by atoms with Crippen LogP contribution in [0.2, 0.25) is 0 Å². The van der Waals surface area contributed by atoms with E-state index in [0.29, 0.717) is 12.2 Å². The molecule has 26 heavy (non-hydrogen) atoms. The SMILES string of the molecule is C=C1NCc2ccc(NS(=O)(=O)c3ccc(S(=O)(=O)N(C)C)cc3)cc21. The van der Waals surface area contributed by atoms with Crippen LogP contribution in [0.15, 0.2) is 58.8 Å². The molecule has 0 spiro atoms. The van der Waals surface area contributed by atoms with E-state index in [9.17, 15) is 16.8 Å². The summed E-state index contributed by atoms with van der Waals surface area (Å²) in [5.41, 5.74) is 3.09. The van der Waals surface area contributed by atoms with Gasteiger partial charge in [0.25, 0.3) is 10.0 Å². The summed E-state index contributed by atoms with van der Waals surface area (Å²) in [4.78, 5) is 0.00834. The maximum atomic E-state index is 12.6. The van der Waals surface area contributed by atoms with E-state index in [1.165, 1.54) is 38.4 Å². The van der Waals surface area contributed by atoms with Crippen LogP contribution in [-0.2, 0) is 26.6 Å². The van der Waals surface area contributed by atoms with Gasteiger partial charge >= 0.3 is 0 Å². The normalized spacial score (nSPS) is 14.2. The van der Waals surface area contributed by atoms with E-state index in [1.54, 1.807) is 12.1 Å². The van der Waals surface area contributed by atoms with Crippen molar-refractivity contribution in [2.24, 2.45) is 0 Å². The molecule has 1 heterocycles. The first-order chi connectivity index (χ1) is 12.1.